The molecule has 3 aromatic rings. The van der Waals surface area contributed by atoms with Crippen molar-refractivity contribution in [3.05, 3.63) is 84.7 Å². The molecule has 11 heteroatoms. The molecular formula is C23H20ClN3O6S. The average molecular weight is 502 g/mol. The molecule has 3 rings (SSSR count). The van der Waals surface area contributed by atoms with Gasteiger partial charge in [-0.05, 0) is 56.2 Å². The molecule has 0 aliphatic rings. The third kappa shape index (κ3) is 5.24. The number of nitro benzene ring substituents is 1. The zero-order valence-electron chi connectivity index (χ0n) is 18.4. The molecule has 1 aromatic heterocycles. The van der Waals surface area contributed by atoms with Crippen molar-refractivity contribution in [1.29, 1.82) is 0 Å². The van der Waals surface area contributed by atoms with E-state index < -0.39 is 22.7 Å². The molecule has 0 spiro atoms. The normalized spacial score (nSPS) is 10.5. The Hall–Kier alpha value is -3.76. The number of rotatable bonds is 7. The number of benzene rings is 2. The van der Waals surface area contributed by atoms with E-state index in [9.17, 15) is 24.5 Å². The molecule has 0 unspecified atom stereocenters. The van der Waals surface area contributed by atoms with Crippen molar-refractivity contribution < 1.29 is 24.0 Å². The van der Waals surface area contributed by atoms with Gasteiger partial charge in [-0.2, -0.15) is 0 Å². The zero-order valence-corrected chi connectivity index (χ0v) is 20.0. The first-order chi connectivity index (χ1) is 16.1. The number of carbonyl (C=O) groups excluding carboxylic acids is 3. The summed E-state index contributed by atoms with van der Waals surface area (Å²) in [4.78, 5) is 48.9. The Morgan fingerprint density at radius 1 is 1.03 bits per heavy atom. The minimum atomic E-state index is -0.687. The number of ether oxygens (including phenoxy) is 1. The van der Waals surface area contributed by atoms with Crippen LogP contribution in [0, 0.1) is 24.0 Å². The van der Waals surface area contributed by atoms with Crippen molar-refractivity contribution in [2.45, 2.75) is 20.8 Å². The van der Waals surface area contributed by atoms with E-state index in [2.05, 4.69) is 10.6 Å². The van der Waals surface area contributed by atoms with Crippen LogP contribution in [0.5, 0.6) is 0 Å². The second-order valence-corrected chi connectivity index (χ2v) is 8.53. The Bertz CT molecular complexity index is 1290. The number of thiophene rings is 1. The molecule has 1 heterocycles. The monoisotopic (exact) mass is 501 g/mol. The highest BCUT2D eigenvalue weighted by molar-refractivity contribution is 7.19. The SMILES string of the molecule is CCOC(=O)c1c(NC(=O)c2ccc([N+](=O)[O-])cc2)sc(C(=O)Nc2cccc(Cl)c2C)c1C. The van der Waals surface area contributed by atoms with E-state index in [1.54, 1.807) is 39.0 Å². The van der Waals surface area contributed by atoms with E-state index in [0.717, 1.165) is 11.3 Å². The number of hydrogen-bond donors (Lipinski definition) is 2. The van der Waals surface area contributed by atoms with Gasteiger partial charge in [0, 0.05) is 28.4 Å². The van der Waals surface area contributed by atoms with Crippen LogP contribution in [-0.4, -0.2) is 29.3 Å². The average Bonchev–Trinajstić information content (AvgIpc) is 3.12. The number of nitrogens with zero attached hydrogens (tertiary/aromatic N) is 1. The molecule has 0 fully saturated rings. The summed E-state index contributed by atoms with van der Waals surface area (Å²) in [5.41, 5.74) is 1.59. The molecule has 0 aliphatic carbocycles. The Morgan fingerprint density at radius 2 is 1.71 bits per heavy atom. The molecule has 2 amide bonds. The molecule has 0 radical (unpaired) electrons. The van der Waals surface area contributed by atoms with E-state index in [1.807, 2.05) is 0 Å². The van der Waals surface area contributed by atoms with Crippen molar-refractivity contribution >= 4 is 57.1 Å². The molecular weight excluding hydrogens is 482 g/mol. The standard InChI is InChI=1S/C23H20ClN3O6S/c1-4-33-23(30)18-13(3)19(21(29)25-17-7-5-6-16(24)12(17)2)34-22(18)26-20(28)14-8-10-15(11-9-14)27(31)32/h5-11H,4H2,1-3H3,(H,25,29)(H,26,28). The molecule has 0 saturated heterocycles. The summed E-state index contributed by atoms with van der Waals surface area (Å²) < 4.78 is 5.12. The van der Waals surface area contributed by atoms with Gasteiger partial charge >= 0.3 is 5.97 Å². The van der Waals surface area contributed by atoms with E-state index in [1.165, 1.54) is 24.3 Å². The molecule has 0 aliphatic heterocycles. The zero-order chi connectivity index (χ0) is 25.0. The number of nitro groups is 1. The second kappa shape index (κ2) is 10.4. The second-order valence-electron chi connectivity index (χ2n) is 7.11. The topological polar surface area (TPSA) is 128 Å². The van der Waals surface area contributed by atoms with Crippen LogP contribution >= 0.6 is 22.9 Å². The number of anilines is 2. The predicted octanol–water partition coefficient (Wildman–Crippen LogP) is 5.61. The van der Waals surface area contributed by atoms with Gasteiger partial charge in [-0.15, -0.1) is 11.3 Å². The number of nitrogens with one attached hydrogen (secondary N) is 2. The number of amides is 2. The fourth-order valence-electron chi connectivity index (χ4n) is 3.10. The van der Waals surface area contributed by atoms with Gasteiger partial charge in [0.15, 0.2) is 0 Å². The van der Waals surface area contributed by atoms with Crippen LogP contribution in [0.3, 0.4) is 0 Å². The first-order valence-corrected chi connectivity index (χ1v) is 11.3. The summed E-state index contributed by atoms with van der Waals surface area (Å²) in [6, 6.07) is 10.1. The maximum Gasteiger partial charge on any atom is 0.341 e. The third-order valence-corrected chi connectivity index (χ3v) is 6.53. The Morgan fingerprint density at radius 3 is 2.32 bits per heavy atom. The summed E-state index contributed by atoms with van der Waals surface area (Å²) in [5.74, 6) is -1.76. The Labute approximate surface area is 203 Å². The lowest BCUT2D eigenvalue weighted by Gasteiger charge is -2.09. The third-order valence-electron chi connectivity index (χ3n) is 4.92. The molecule has 9 nitrogen and oxygen atoms in total. The number of esters is 1. The lowest BCUT2D eigenvalue weighted by molar-refractivity contribution is -0.384. The largest absolute Gasteiger partial charge is 0.462 e. The summed E-state index contributed by atoms with van der Waals surface area (Å²) in [6.07, 6.45) is 0. The molecule has 2 aromatic carbocycles. The Balaban J connectivity index is 1.94. The van der Waals surface area contributed by atoms with Gasteiger partial charge < -0.3 is 15.4 Å². The molecule has 0 atom stereocenters. The van der Waals surface area contributed by atoms with Gasteiger partial charge in [-0.1, -0.05) is 17.7 Å². The van der Waals surface area contributed by atoms with Crippen LogP contribution in [0.1, 0.15) is 48.4 Å². The van der Waals surface area contributed by atoms with E-state index in [0.29, 0.717) is 21.8 Å². The summed E-state index contributed by atoms with van der Waals surface area (Å²) >= 11 is 7.05. The molecule has 0 bridgehead atoms. The smallest absolute Gasteiger partial charge is 0.341 e. The summed E-state index contributed by atoms with van der Waals surface area (Å²) in [7, 11) is 0. The van der Waals surface area contributed by atoms with Crippen LogP contribution < -0.4 is 10.6 Å². The van der Waals surface area contributed by atoms with Crippen molar-refractivity contribution in [2.75, 3.05) is 17.2 Å². The van der Waals surface area contributed by atoms with E-state index >= 15 is 0 Å². The number of carbonyl (C=O) groups is 3. The van der Waals surface area contributed by atoms with Crippen molar-refractivity contribution in [1.82, 2.24) is 0 Å². The highest BCUT2D eigenvalue weighted by atomic mass is 35.5. The minimum Gasteiger partial charge on any atom is -0.462 e. The lowest BCUT2D eigenvalue weighted by Crippen LogP contribution is -2.15. The molecule has 0 saturated carbocycles. The summed E-state index contributed by atoms with van der Waals surface area (Å²) in [6.45, 7) is 5.10. The van der Waals surface area contributed by atoms with Crippen molar-refractivity contribution in [3.63, 3.8) is 0 Å². The van der Waals surface area contributed by atoms with Gasteiger partial charge in [0.1, 0.15) is 5.00 Å². The molecule has 34 heavy (non-hydrogen) atoms. The molecule has 2 N–H and O–H groups in total. The highest BCUT2D eigenvalue weighted by Gasteiger charge is 2.27. The van der Waals surface area contributed by atoms with Gasteiger partial charge in [0.25, 0.3) is 17.5 Å². The van der Waals surface area contributed by atoms with Crippen LogP contribution in [0.2, 0.25) is 5.02 Å². The van der Waals surface area contributed by atoms with Crippen LogP contribution in [-0.2, 0) is 4.74 Å². The van der Waals surface area contributed by atoms with Gasteiger partial charge in [-0.25, -0.2) is 4.79 Å². The number of non-ortho nitro benzene ring substituents is 1. The Kier molecular flexibility index (Phi) is 7.64. The maximum atomic E-state index is 13.0. The first-order valence-electron chi connectivity index (χ1n) is 10.1. The molecule has 176 valence electrons. The lowest BCUT2D eigenvalue weighted by atomic mass is 10.1. The van der Waals surface area contributed by atoms with Crippen molar-refractivity contribution in [3.8, 4) is 0 Å². The predicted molar refractivity (Wildman–Crippen MR) is 130 cm³/mol. The van der Waals surface area contributed by atoms with Gasteiger partial charge in [0.05, 0.1) is 22.0 Å². The fourth-order valence-corrected chi connectivity index (χ4v) is 4.36. The van der Waals surface area contributed by atoms with Crippen molar-refractivity contribution in [2.24, 2.45) is 0 Å². The van der Waals surface area contributed by atoms with Gasteiger partial charge in [-0.3, -0.25) is 19.7 Å². The van der Waals surface area contributed by atoms with E-state index in [4.69, 9.17) is 16.3 Å². The number of hydrogen-bond acceptors (Lipinski definition) is 7. The minimum absolute atomic E-state index is 0.0649. The summed E-state index contributed by atoms with van der Waals surface area (Å²) in [5, 5.41) is 16.9. The van der Waals surface area contributed by atoms with Crippen LogP contribution in [0.15, 0.2) is 42.5 Å². The van der Waals surface area contributed by atoms with Crippen LogP contribution in [0.25, 0.3) is 0 Å². The van der Waals surface area contributed by atoms with Crippen LogP contribution in [0.4, 0.5) is 16.4 Å². The number of halogens is 1. The van der Waals surface area contributed by atoms with E-state index in [-0.39, 0.29) is 33.3 Å². The van der Waals surface area contributed by atoms with Gasteiger partial charge in [0.2, 0.25) is 0 Å². The maximum absolute atomic E-state index is 13.0. The highest BCUT2D eigenvalue weighted by Crippen LogP contribution is 2.35. The fraction of sp³-hybridized carbons (Fsp3) is 0.174. The first kappa shape index (κ1) is 24.9. The quantitative estimate of drug-likeness (QED) is 0.246.